The molecular weight excluding hydrogens is 308 g/mol. The van der Waals surface area contributed by atoms with Gasteiger partial charge in [-0.2, -0.15) is 8.78 Å². The number of hydrogen-bond donors (Lipinski definition) is 1. The number of carbonyl (C=O) groups excluding carboxylic acids is 1. The Balaban J connectivity index is 1.89. The SMILES string of the molecule is Cc1ccc(C2NC3(CC3)C(=O)N2CC(F)(F)C(F)F)s1. The molecule has 0 bridgehead atoms. The molecular formula is C13H14F4N2OS. The minimum atomic E-state index is -4.21. The summed E-state index contributed by atoms with van der Waals surface area (Å²) >= 11 is 1.36. The third-order valence-electron chi connectivity index (χ3n) is 3.88. The van der Waals surface area contributed by atoms with E-state index in [2.05, 4.69) is 5.32 Å². The van der Waals surface area contributed by atoms with Crippen LogP contribution in [-0.4, -0.2) is 35.2 Å². The van der Waals surface area contributed by atoms with Crippen LogP contribution in [0.2, 0.25) is 0 Å². The number of amides is 1. The Kier molecular flexibility index (Phi) is 3.29. The number of halogens is 4. The van der Waals surface area contributed by atoms with E-state index in [1.165, 1.54) is 11.3 Å². The van der Waals surface area contributed by atoms with Crippen LogP contribution in [0.5, 0.6) is 0 Å². The lowest BCUT2D eigenvalue weighted by molar-refractivity contribution is -0.157. The molecule has 1 aliphatic carbocycles. The second kappa shape index (κ2) is 4.67. The van der Waals surface area contributed by atoms with E-state index in [1.807, 2.05) is 13.0 Å². The van der Waals surface area contributed by atoms with Crippen molar-refractivity contribution in [3.63, 3.8) is 0 Å². The maximum atomic E-state index is 13.4. The fraction of sp³-hybridized carbons (Fsp3) is 0.615. The summed E-state index contributed by atoms with van der Waals surface area (Å²) in [7, 11) is 0. The zero-order chi connectivity index (χ0) is 15.4. The molecule has 1 saturated heterocycles. The van der Waals surface area contributed by atoms with Crippen molar-refractivity contribution in [2.24, 2.45) is 0 Å². The molecule has 2 heterocycles. The quantitative estimate of drug-likeness (QED) is 0.865. The molecule has 1 saturated carbocycles. The van der Waals surface area contributed by atoms with Crippen molar-refractivity contribution < 1.29 is 22.4 Å². The van der Waals surface area contributed by atoms with Crippen LogP contribution in [0.3, 0.4) is 0 Å². The third kappa shape index (κ3) is 2.44. The average molecular weight is 322 g/mol. The number of aryl methyl sites for hydroxylation is 1. The molecule has 21 heavy (non-hydrogen) atoms. The lowest BCUT2D eigenvalue weighted by Gasteiger charge is -2.27. The van der Waals surface area contributed by atoms with Crippen molar-refractivity contribution in [1.29, 1.82) is 0 Å². The Hall–Kier alpha value is -1.15. The Morgan fingerprint density at radius 2 is 2.14 bits per heavy atom. The summed E-state index contributed by atoms with van der Waals surface area (Å²) in [6.45, 7) is 0.593. The van der Waals surface area contributed by atoms with Crippen molar-refractivity contribution in [3.8, 4) is 0 Å². The van der Waals surface area contributed by atoms with Gasteiger partial charge in [0.2, 0.25) is 5.91 Å². The minimum Gasteiger partial charge on any atom is -0.314 e. The molecule has 1 amide bonds. The van der Waals surface area contributed by atoms with Gasteiger partial charge in [-0.1, -0.05) is 0 Å². The first-order valence-corrected chi connectivity index (χ1v) is 7.38. The van der Waals surface area contributed by atoms with E-state index < -0.39 is 36.5 Å². The molecule has 2 aliphatic rings. The lowest BCUT2D eigenvalue weighted by Crippen LogP contribution is -2.44. The van der Waals surface area contributed by atoms with Gasteiger partial charge in [0.05, 0.1) is 6.54 Å². The lowest BCUT2D eigenvalue weighted by atomic mass is 10.2. The fourth-order valence-corrected chi connectivity index (χ4v) is 3.50. The van der Waals surface area contributed by atoms with Crippen LogP contribution in [0.25, 0.3) is 0 Å². The molecule has 1 aliphatic heterocycles. The van der Waals surface area contributed by atoms with Gasteiger partial charge in [0, 0.05) is 9.75 Å². The molecule has 1 N–H and O–H groups in total. The second-order valence-electron chi connectivity index (χ2n) is 5.57. The maximum Gasteiger partial charge on any atom is 0.324 e. The van der Waals surface area contributed by atoms with Crippen molar-refractivity contribution in [1.82, 2.24) is 10.2 Å². The number of rotatable bonds is 4. The van der Waals surface area contributed by atoms with Gasteiger partial charge >= 0.3 is 12.3 Å². The van der Waals surface area contributed by atoms with E-state index in [1.54, 1.807) is 6.07 Å². The molecule has 1 spiro atoms. The highest BCUT2D eigenvalue weighted by Gasteiger charge is 2.61. The first kappa shape index (κ1) is 14.8. The van der Waals surface area contributed by atoms with Gasteiger partial charge in [0.1, 0.15) is 11.7 Å². The monoisotopic (exact) mass is 322 g/mol. The molecule has 0 radical (unpaired) electrons. The van der Waals surface area contributed by atoms with Crippen molar-refractivity contribution >= 4 is 17.2 Å². The Labute approximate surface area is 122 Å². The van der Waals surface area contributed by atoms with Crippen molar-refractivity contribution in [3.05, 3.63) is 21.9 Å². The highest BCUT2D eigenvalue weighted by atomic mass is 32.1. The first-order chi connectivity index (χ1) is 9.75. The van der Waals surface area contributed by atoms with Crippen molar-refractivity contribution in [2.45, 2.75) is 43.8 Å². The highest BCUT2D eigenvalue weighted by molar-refractivity contribution is 7.12. The molecule has 1 unspecified atom stereocenters. The molecule has 3 nitrogen and oxygen atoms in total. The van der Waals surface area contributed by atoms with E-state index in [0.29, 0.717) is 17.7 Å². The Bertz CT molecular complexity index is 570. The number of thiophene rings is 1. The van der Waals surface area contributed by atoms with Gasteiger partial charge in [-0.3, -0.25) is 10.1 Å². The highest BCUT2D eigenvalue weighted by Crippen LogP contribution is 2.47. The average Bonchev–Trinajstić information content (AvgIpc) is 2.99. The maximum absolute atomic E-state index is 13.4. The first-order valence-electron chi connectivity index (χ1n) is 6.56. The van der Waals surface area contributed by atoms with Gasteiger partial charge < -0.3 is 4.90 Å². The van der Waals surface area contributed by atoms with Crippen LogP contribution in [0.4, 0.5) is 17.6 Å². The third-order valence-corrected chi connectivity index (χ3v) is 4.93. The van der Waals surface area contributed by atoms with Crippen LogP contribution in [0, 0.1) is 6.92 Å². The summed E-state index contributed by atoms with van der Waals surface area (Å²) in [6, 6.07) is 3.55. The summed E-state index contributed by atoms with van der Waals surface area (Å²) < 4.78 is 51.6. The van der Waals surface area contributed by atoms with E-state index >= 15 is 0 Å². The number of nitrogens with zero attached hydrogens (tertiary/aromatic N) is 1. The summed E-state index contributed by atoms with van der Waals surface area (Å²) in [6.07, 6.45) is -3.41. The Morgan fingerprint density at radius 3 is 2.62 bits per heavy atom. The smallest absolute Gasteiger partial charge is 0.314 e. The zero-order valence-corrected chi connectivity index (χ0v) is 12.0. The van der Waals surface area contributed by atoms with Gasteiger partial charge in [0.15, 0.2) is 0 Å². The number of alkyl halides is 4. The van der Waals surface area contributed by atoms with Crippen molar-refractivity contribution in [2.75, 3.05) is 6.54 Å². The largest absolute Gasteiger partial charge is 0.324 e. The van der Waals surface area contributed by atoms with Gasteiger partial charge in [-0.05, 0) is 31.9 Å². The van der Waals surface area contributed by atoms with Crippen LogP contribution < -0.4 is 5.32 Å². The predicted molar refractivity (Wildman–Crippen MR) is 69.6 cm³/mol. The fourth-order valence-electron chi connectivity index (χ4n) is 2.56. The Morgan fingerprint density at radius 1 is 1.48 bits per heavy atom. The van der Waals surface area contributed by atoms with E-state index in [4.69, 9.17) is 0 Å². The van der Waals surface area contributed by atoms with Crippen LogP contribution in [0.1, 0.15) is 28.8 Å². The molecule has 2 fully saturated rings. The van der Waals surface area contributed by atoms with Crippen LogP contribution in [-0.2, 0) is 4.79 Å². The minimum absolute atomic E-state index is 0.501. The molecule has 0 aromatic carbocycles. The summed E-state index contributed by atoms with van der Waals surface area (Å²) in [4.78, 5) is 14.8. The topological polar surface area (TPSA) is 32.3 Å². The zero-order valence-electron chi connectivity index (χ0n) is 11.2. The second-order valence-corrected chi connectivity index (χ2v) is 6.89. The molecule has 116 valence electrons. The van der Waals surface area contributed by atoms with E-state index in [9.17, 15) is 22.4 Å². The number of carbonyl (C=O) groups is 1. The molecule has 1 atom stereocenters. The number of nitrogens with one attached hydrogen (secondary N) is 1. The standard InChI is InChI=1S/C13H14F4N2OS/c1-7-2-3-8(21-7)9-18-12(4-5-12)11(20)19(9)6-13(16,17)10(14)15/h2-3,9-10,18H,4-6H2,1H3. The van der Waals surface area contributed by atoms with Gasteiger partial charge in [0.25, 0.3) is 0 Å². The van der Waals surface area contributed by atoms with Gasteiger partial charge in [-0.25, -0.2) is 8.78 Å². The normalized spacial score (nSPS) is 24.4. The summed E-state index contributed by atoms with van der Waals surface area (Å²) in [5.74, 6) is -4.71. The van der Waals surface area contributed by atoms with Crippen LogP contribution in [0.15, 0.2) is 12.1 Å². The summed E-state index contributed by atoms with van der Waals surface area (Å²) in [5, 5.41) is 3.04. The van der Waals surface area contributed by atoms with E-state index in [0.717, 1.165) is 9.78 Å². The molecule has 8 heteroatoms. The van der Waals surface area contributed by atoms with Crippen LogP contribution >= 0.6 is 11.3 Å². The predicted octanol–water partition coefficient (Wildman–Crippen LogP) is 2.92. The van der Waals surface area contributed by atoms with Gasteiger partial charge in [-0.15, -0.1) is 11.3 Å². The number of hydrogen-bond acceptors (Lipinski definition) is 3. The summed E-state index contributed by atoms with van der Waals surface area (Å²) in [5.41, 5.74) is -0.819. The molecule has 1 aromatic rings. The molecule has 3 rings (SSSR count). The molecule has 1 aromatic heterocycles. The van der Waals surface area contributed by atoms with E-state index in [-0.39, 0.29) is 0 Å².